The molecule has 0 unspecified atom stereocenters. The second-order valence-electron chi connectivity index (χ2n) is 5.70. The molecule has 1 saturated heterocycles. The quantitative estimate of drug-likeness (QED) is 0.753. The van der Waals surface area contributed by atoms with Crippen LogP contribution in [-0.4, -0.2) is 46.3 Å². The predicted octanol–water partition coefficient (Wildman–Crippen LogP) is 2.68. The lowest BCUT2D eigenvalue weighted by Crippen LogP contribution is -2.53. The normalized spacial score (nSPS) is 20.5. The summed E-state index contributed by atoms with van der Waals surface area (Å²) in [6.45, 7) is 6.04. The molecule has 0 radical (unpaired) electrons. The van der Waals surface area contributed by atoms with Gasteiger partial charge in [0.05, 0.1) is 17.1 Å². The van der Waals surface area contributed by atoms with Crippen molar-refractivity contribution in [1.29, 1.82) is 0 Å². The van der Waals surface area contributed by atoms with Crippen LogP contribution in [0.2, 0.25) is 0 Å². The summed E-state index contributed by atoms with van der Waals surface area (Å²) in [5.41, 5.74) is 0.596. The highest BCUT2D eigenvalue weighted by Gasteiger charge is 2.40. The zero-order chi connectivity index (χ0) is 18.4. The van der Waals surface area contributed by atoms with E-state index in [1.807, 2.05) is 20.8 Å². The zero-order valence-corrected chi connectivity index (χ0v) is 15.6. The fraction of sp³-hybridized carbons (Fsp3) is 0.500. The Bertz CT molecular complexity index is 610. The second-order valence-corrected chi connectivity index (χ2v) is 7.11. The van der Waals surface area contributed by atoms with Gasteiger partial charge in [-0.3, -0.25) is 19.3 Å². The molecule has 0 spiro atoms. The van der Waals surface area contributed by atoms with E-state index < -0.39 is 0 Å². The van der Waals surface area contributed by atoms with Gasteiger partial charge >= 0.3 is 0 Å². The molecule has 1 heterocycles. The molecule has 0 aromatic heterocycles. The van der Waals surface area contributed by atoms with Crippen LogP contribution in [0.15, 0.2) is 24.3 Å². The topological polar surface area (TPSA) is 75.7 Å². The van der Waals surface area contributed by atoms with Gasteiger partial charge in [0.25, 0.3) is 0 Å². The molecular weight excluding hydrogens is 340 g/mol. The monoisotopic (exact) mass is 364 g/mol. The third-order valence-electron chi connectivity index (χ3n) is 3.90. The maximum Gasteiger partial charge on any atom is 0.244 e. The molecule has 25 heavy (non-hydrogen) atoms. The maximum absolute atomic E-state index is 12.4. The van der Waals surface area contributed by atoms with E-state index in [0.717, 1.165) is 10.6 Å². The summed E-state index contributed by atoms with van der Waals surface area (Å²) < 4.78 is 5.35. The number of benzene rings is 1. The van der Waals surface area contributed by atoms with Crippen LogP contribution in [0.1, 0.15) is 33.6 Å². The molecule has 1 aliphatic rings. The summed E-state index contributed by atoms with van der Waals surface area (Å²) in [5, 5.41) is 2.19. The largest absolute Gasteiger partial charge is 0.494 e. The zero-order valence-electron chi connectivity index (χ0n) is 14.8. The number of hydrogen-bond acceptors (Lipinski definition) is 5. The van der Waals surface area contributed by atoms with Gasteiger partial charge < -0.3 is 10.1 Å². The molecule has 2 rings (SSSR count). The van der Waals surface area contributed by atoms with E-state index in [0.29, 0.717) is 25.1 Å². The number of anilines is 1. The average molecular weight is 364 g/mol. The summed E-state index contributed by atoms with van der Waals surface area (Å²) in [7, 11) is 0. The van der Waals surface area contributed by atoms with Crippen LogP contribution < -0.4 is 10.1 Å². The number of carbonyl (C=O) groups excluding carboxylic acids is 3. The minimum Gasteiger partial charge on any atom is -0.494 e. The van der Waals surface area contributed by atoms with E-state index in [2.05, 4.69) is 5.32 Å². The van der Waals surface area contributed by atoms with Crippen molar-refractivity contribution < 1.29 is 19.1 Å². The van der Waals surface area contributed by atoms with Gasteiger partial charge in [0.15, 0.2) is 0 Å². The molecule has 6 nitrogen and oxygen atoms in total. The van der Waals surface area contributed by atoms with E-state index in [-0.39, 0.29) is 34.8 Å². The Morgan fingerprint density at radius 1 is 1.08 bits per heavy atom. The van der Waals surface area contributed by atoms with E-state index in [9.17, 15) is 14.4 Å². The fourth-order valence-corrected chi connectivity index (χ4v) is 3.88. The number of carbonyl (C=O) groups is 3. The molecule has 1 fully saturated rings. The Morgan fingerprint density at radius 3 is 2.12 bits per heavy atom. The van der Waals surface area contributed by atoms with Gasteiger partial charge in [-0.05, 0) is 44.0 Å². The van der Waals surface area contributed by atoms with Crippen molar-refractivity contribution in [2.24, 2.45) is 0 Å². The third-order valence-corrected chi connectivity index (χ3v) is 5.63. The van der Waals surface area contributed by atoms with Gasteiger partial charge in [-0.25, -0.2) is 0 Å². The van der Waals surface area contributed by atoms with Gasteiger partial charge in [0.1, 0.15) is 12.3 Å². The van der Waals surface area contributed by atoms with Crippen molar-refractivity contribution in [3.8, 4) is 5.75 Å². The van der Waals surface area contributed by atoms with Crippen molar-refractivity contribution in [2.45, 2.75) is 44.1 Å². The van der Waals surface area contributed by atoms with Crippen LogP contribution in [0.5, 0.6) is 5.75 Å². The van der Waals surface area contributed by atoms with E-state index in [1.54, 1.807) is 24.3 Å². The first-order valence-corrected chi connectivity index (χ1v) is 9.47. The Labute approximate surface area is 152 Å². The Kier molecular flexibility index (Phi) is 6.87. The van der Waals surface area contributed by atoms with Crippen LogP contribution in [0.4, 0.5) is 5.69 Å². The fourth-order valence-electron chi connectivity index (χ4n) is 2.61. The highest BCUT2D eigenvalue weighted by Crippen LogP contribution is 2.31. The third kappa shape index (κ3) is 4.75. The van der Waals surface area contributed by atoms with Crippen LogP contribution >= 0.6 is 11.8 Å². The molecule has 1 N–H and O–H groups in total. The summed E-state index contributed by atoms with van der Waals surface area (Å²) in [4.78, 5) is 38.2. The average Bonchev–Trinajstić information content (AvgIpc) is 2.61. The molecule has 1 aliphatic heterocycles. The van der Waals surface area contributed by atoms with Crippen LogP contribution in [0.25, 0.3) is 0 Å². The molecule has 2 atom stereocenters. The maximum atomic E-state index is 12.4. The number of hydrogen-bond donors (Lipinski definition) is 1. The van der Waals surface area contributed by atoms with Gasteiger partial charge in [0.2, 0.25) is 17.7 Å². The molecule has 1 aromatic carbocycles. The lowest BCUT2D eigenvalue weighted by molar-refractivity contribution is -0.147. The van der Waals surface area contributed by atoms with Crippen molar-refractivity contribution >= 4 is 35.2 Å². The molecule has 0 aliphatic carbocycles. The molecule has 3 amide bonds. The summed E-state index contributed by atoms with van der Waals surface area (Å²) in [5.74, 6) is -0.217. The Hall–Kier alpha value is -2.02. The highest BCUT2D eigenvalue weighted by atomic mass is 32.2. The Morgan fingerprint density at radius 2 is 1.64 bits per heavy atom. The van der Waals surface area contributed by atoms with E-state index >= 15 is 0 Å². The van der Waals surface area contributed by atoms with Crippen molar-refractivity contribution in [2.75, 3.05) is 18.5 Å². The number of thioether (sulfide) groups is 1. The number of nitrogens with zero attached hydrogens (tertiary/aromatic N) is 1. The molecule has 7 heteroatoms. The number of ether oxygens (including phenoxy) is 1. The lowest BCUT2D eigenvalue weighted by atomic mass is 10.2. The Balaban J connectivity index is 2.02. The summed E-state index contributed by atoms with van der Waals surface area (Å²) in [6.07, 6.45) is 1.29. The van der Waals surface area contributed by atoms with Crippen LogP contribution in [0, 0.1) is 0 Å². The standard InChI is InChI=1S/C18H24N2O4S/c1-4-14-17(22)20(18(23)15(5-2)25-14)11-16(21)19-12-7-9-13(10-8-12)24-6-3/h7-10,14-15H,4-6,11H2,1-3H3,(H,19,21)/t14-,15+. The summed E-state index contributed by atoms with van der Waals surface area (Å²) in [6, 6.07) is 6.96. The first-order chi connectivity index (χ1) is 12.0. The van der Waals surface area contributed by atoms with E-state index in [1.165, 1.54) is 11.8 Å². The van der Waals surface area contributed by atoms with Gasteiger partial charge in [-0.15, -0.1) is 11.8 Å². The lowest BCUT2D eigenvalue weighted by Gasteiger charge is -2.34. The van der Waals surface area contributed by atoms with E-state index in [4.69, 9.17) is 4.74 Å². The summed E-state index contributed by atoms with van der Waals surface area (Å²) >= 11 is 1.40. The number of nitrogens with one attached hydrogen (secondary N) is 1. The number of imide groups is 1. The van der Waals surface area contributed by atoms with Crippen LogP contribution in [0.3, 0.4) is 0 Å². The van der Waals surface area contributed by atoms with Gasteiger partial charge in [-0.1, -0.05) is 13.8 Å². The van der Waals surface area contributed by atoms with Crippen molar-refractivity contribution in [3.63, 3.8) is 0 Å². The van der Waals surface area contributed by atoms with Crippen LogP contribution in [-0.2, 0) is 14.4 Å². The van der Waals surface area contributed by atoms with Crippen molar-refractivity contribution in [1.82, 2.24) is 4.90 Å². The minimum absolute atomic E-state index is 0.252. The highest BCUT2D eigenvalue weighted by molar-refractivity contribution is 8.02. The first kappa shape index (κ1) is 19.3. The van der Waals surface area contributed by atoms with Crippen molar-refractivity contribution in [3.05, 3.63) is 24.3 Å². The minimum atomic E-state index is -0.387. The first-order valence-electron chi connectivity index (χ1n) is 8.53. The SMILES string of the molecule is CCOc1ccc(NC(=O)CN2C(=O)[C@H](CC)S[C@H](CC)C2=O)cc1. The molecule has 0 saturated carbocycles. The van der Waals surface area contributed by atoms with Gasteiger partial charge in [-0.2, -0.15) is 0 Å². The molecular formula is C18H24N2O4S. The van der Waals surface area contributed by atoms with Gasteiger partial charge in [0, 0.05) is 5.69 Å². The predicted molar refractivity (Wildman–Crippen MR) is 98.7 cm³/mol. The molecule has 0 bridgehead atoms. The number of rotatable bonds is 7. The second kappa shape index (κ2) is 8.89. The molecule has 136 valence electrons. The molecule has 1 aromatic rings. The number of amides is 3. The smallest absolute Gasteiger partial charge is 0.244 e.